The van der Waals surface area contributed by atoms with Crippen LogP contribution in [0.25, 0.3) is 11.4 Å². The second kappa shape index (κ2) is 9.37. The van der Waals surface area contributed by atoms with Gasteiger partial charge in [-0.25, -0.2) is 0 Å². The second-order valence-corrected chi connectivity index (χ2v) is 6.97. The molecule has 146 valence electrons. The third kappa shape index (κ3) is 5.57. The molecule has 3 aromatic rings. The van der Waals surface area contributed by atoms with Gasteiger partial charge < -0.3 is 14.2 Å². The first-order chi connectivity index (χ1) is 13.5. The number of carbonyl (C=O) groups is 1. The summed E-state index contributed by atoms with van der Waals surface area (Å²) in [6.07, 6.45) is 0.993. The maximum absolute atomic E-state index is 12.3. The SMILES string of the molecule is Cc1cccc(-c2noc(CN(C)C(=O)CCCOc3ccc(Cl)cc3)n2)c1. The molecule has 0 aliphatic rings. The molecule has 0 atom stereocenters. The third-order valence-corrected chi connectivity index (χ3v) is 4.41. The monoisotopic (exact) mass is 399 g/mol. The third-order valence-electron chi connectivity index (χ3n) is 4.16. The zero-order valence-electron chi connectivity index (χ0n) is 15.9. The predicted octanol–water partition coefficient (Wildman–Crippen LogP) is 4.52. The smallest absolute Gasteiger partial charge is 0.246 e. The minimum absolute atomic E-state index is 0.00462. The molecule has 0 N–H and O–H groups in total. The fourth-order valence-corrected chi connectivity index (χ4v) is 2.77. The molecule has 6 nitrogen and oxygen atoms in total. The minimum Gasteiger partial charge on any atom is -0.494 e. The molecule has 0 aliphatic heterocycles. The summed E-state index contributed by atoms with van der Waals surface area (Å²) in [5.41, 5.74) is 2.01. The van der Waals surface area contributed by atoms with Crippen molar-refractivity contribution >= 4 is 17.5 Å². The number of halogens is 1. The molecule has 2 aromatic carbocycles. The van der Waals surface area contributed by atoms with Crippen LogP contribution in [0.5, 0.6) is 5.75 Å². The number of amides is 1. The van der Waals surface area contributed by atoms with E-state index in [9.17, 15) is 4.79 Å². The summed E-state index contributed by atoms with van der Waals surface area (Å²) >= 11 is 5.84. The fraction of sp³-hybridized carbons (Fsp3) is 0.286. The standard InChI is InChI=1S/C21H22ClN3O3/c1-15-5-3-6-16(13-15)21-23-19(28-24-21)14-25(2)20(26)7-4-12-27-18-10-8-17(22)9-11-18/h3,5-6,8-11,13H,4,7,12,14H2,1-2H3. The zero-order valence-corrected chi connectivity index (χ0v) is 16.6. The Labute approximate surface area is 169 Å². The van der Waals surface area contributed by atoms with Gasteiger partial charge in [-0.2, -0.15) is 4.98 Å². The van der Waals surface area contributed by atoms with Crippen molar-refractivity contribution in [3.63, 3.8) is 0 Å². The van der Waals surface area contributed by atoms with E-state index in [-0.39, 0.29) is 12.5 Å². The molecule has 0 aliphatic carbocycles. The lowest BCUT2D eigenvalue weighted by Gasteiger charge is -2.14. The van der Waals surface area contributed by atoms with Gasteiger partial charge >= 0.3 is 0 Å². The first-order valence-corrected chi connectivity index (χ1v) is 9.41. The van der Waals surface area contributed by atoms with Crippen LogP contribution < -0.4 is 4.74 Å². The molecule has 28 heavy (non-hydrogen) atoms. The molecule has 7 heteroatoms. The van der Waals surface area contributed by atoms with Crippen LogP contribution in [0.1, 0.15) is 24.3 Å². The highest BCUT2D eigenvalue weighted by molar-refractivity contribution is 6.30. The lowest BCUT2D eigenvalue weighted by Crippen LogP contribution is -2.26. The van der Waals surface area contributed by atoms with Crippen molar-refractivity contribution in [1.29, 1.82) is 0 Å². The first kappa shape index (κ1) is 19.9. The van der Waals surface area contributed by atoms with Crippen LogP contribution in [0.4, 0.5) is 0 Å². The fourth-order valence-electron chi connectivity index (χ4n) is 2.65. The van der Waals surface area contributed by atoms with Gasteiger partial charge in [0, 0.05) is 24.1 Å². The number of rotatable bonds is 8. The van der Waals surface area contributed by atoms with E-state index in [0.717, 1.165) is 16.9 Å². The predicted molar refractivity (Wildman–Crippen MR) is 107 cm³/mol. The van der Waals surface area contributed by atoms with Crippen molar-refractivity contribution in [3.05, 3.63) is 65.0 Å². The molecule has 1 aromatic heterocycles. The number of carbonyl (C=O) groups excluding carboxylic acids is 1. The average Bonchev–Trinajstić information content (AvgIpc) is 3.15. The summed E-state index contributed by atoms with van der Waals surface area (Å²) in [5.74, 6) is 1.66. The molecule has 3 rings (SSSR count). The second-order valence-electron chi connectivity index (χ2n) is 6.54. The van der Waals surface area contributed by atoms with Crippen molar-refractivity contribution in [2.45, 2.75) is 26.3 Å². The van der Waals surface area contributed by atoms with Crippen molar-refractivity contribution < 1.29 is 14.1 Å². The van der Waals surface area contributed by atoms with E-state index < -0.39 is 0 Å². The Hall–Kier alpha value is -2.86. The Balaban J connectivity index is 1.44. The van der Waals surface area contributed by atoms with Crippen LogP contribution in [0.2, 0.25) is 5.02 Å². The number of benzene rings is 2. The van der Waals surface area contributed by atoms with E-state index in [2.05, 4.69) is 10.1 Å². The highest BCUT2D eigenvalue weighted by Crippen LogP contribution is 2.18. The summed E-state index contributed by atoms with van der Waals surface area (Å²) in [4.78, 5) is 18.2. The van der Waals surface area contributed by atoms with Gasteiger partial charge in [-0.1, -0.05) is 40.5 Å². The largest absolute Gasteiger partial charge is 0.494 e. The maximum atomic E-state index is 12.3. The number of aromatic nitrogens is 2. The summed E-state index contributed by atoms with van der Waals surface area (Å²) in [7, 11) is 1.72. The zero-order chi connectivity index (χ0) is 19.9. The topological polar surface area (TPSA) is 68.5 Å². The van der Waals surface area contributed by atoms with Crippen LogP contribution >= 0.6 is 11.6 Å². The lowest BCUT2D eigenvalue weighted by atomic mass is 10.1. The van der Waals surface area contributed by atoms with Crippen LogP contribution in [-0.4, -0.2) is 34.6 Å². The number of aryl methyl sites for hydroxylation is 1. The van der Waals surface area contributed by atoms with E-state index >= 15 is 0 Å². The van der Waals surface area contributed by atoms with E-state index in [1.165, 1.54) is 0 Å². The van der Waals surface area contributed by atoms with Gasteiger partial charge in [0.2, 0.25) is 17.6 Å². The number of hydrogen-bond donors (Lipinski definition) is 0. The molecule has 0 fully saturated rings. The van der Waals surface area contributed by atoms with Gasteiger partial charge in [0.15, 0.2) is 0 Å². The van der Waals surface area contributed by atoms with E-state index in [4.69, 9.17) is 20.9 Å². The van der Waals surface area contributed by atoms with E-state index in [1.54, 1.807) is 36.2 Å². The highest BCUT2D eigenvalue weighted by atomic mass is 35.5. The van der Waals surface area contributed by atoms with Gasteiger partial charge in [-0.15, -0.1) is 0 Å². The highest BCUT2D eigenvalue weighted by Gasteiger charge is 2.14. The molecule has 0 spiro atoms. The Morgan fingerprint density at radius 3 is 2.75 bits per heavy atom. The first-order valence-electron chi connectivity index (χ1n) is 9.03. The lowest BCUT2D eigenvalue weighted by molar-refractivity contribution is -0.131. The molecular weight excluding hydrogens is 378 g/mol. The molecule has 0 radical (unpaired) electrons. The molecule has 1 heterocycles. The Kier molecular flexibility index (Phi) is 6.66. The van der Waals surface area contributed by atoms with Crippen LogP contribution in [0.3, 0.4) is 0 Å². The Morgan fingerprint density at radius 2 is 2.00 bits per heavy atom. The van der Waals surface area contributed by atoms with Crippen LogP contribution in [-0.2, 0) is 11.3 Å². The van der Waals surface area contributed by atoms with Gasteiger partial charge in [0.25, 0.3) is 0 Å². The summed E-state index contributed by atoms with van der Waals surface area (Å²) < 4.78 is 10.9. The van der Waals surface area contributed by atoms with Crippen LogP contribution in [0.15, 0.2) is 53.1 Å². The van der Waals surface area contributed by atoms with Crippen LogP contribution in [0, 0.1) is 6.92 Å². The van der Waals surface area contributed by atoms with E-state index in [0.29, 0.717) is 36.2 Å². The molecule has 0 saturated heterocycles. The van der Waals surface area contributed by atoms with Gasteiger partial charge in [0.1, 0.15) is 5.75 Å². The summed E-state index contributed by atoms with van der Waals surface area (Å²) in [5, 5.41) is 4.66. The number of hydrogen-bond acceptors (Lipinski definition) is 5. The summed E-state index contributed by atoms with van der Waals surface area (Å²) in [6.45, 7) is 2.74. The minimum atomic E-state index is -0.00462. The summed E-state index contributed by atoms with van der Waals surface area (Å²) in [6, 6.07) is 15.0. The quantitative estimate of drug-likeness (QED) is 0.521. The molecule has 1 amide bonds. The maximum Gasteiger partial charge on any atom is 0.246 e. The molecule has 0 saturated carbocycles. The molecular formula is C21H22ClN3O3. The van der Waals surface area contributed by atoms with Crippen molar-refractivity contribution in [1.82, 2.24) is 15.0 Å². The Morgan fingerprint density at radius 1 is 1.21 bits per heavy atom. The number of ether oxygens (including phenoxy) is 1. The van der Waals surface area contributed by atoms with Crippen molar-refractivity contribution in [2.75, 3.05) is 13.7 Å². The molecule has 0 bridgehead atoms. The number of nitrogens with zero attached hydrogens (tertiary/aromatic N) is 3. The Bertz CT molecular complexity index is 925. The van der Waals surface area contributed by atoms with Gasteiger partial charge in [-0.3, -0.25) is 4.79 Å². The van der Waals surface area contributed by atoms with Gasteiger partial charge in [-0.05, 0) is 43.7 Å². The van der Waals surface area contributed by atoms with E-state index in [1.807, 2.05) is 31.2 Å². The normalized spacial score (nSPS) is 10.7. The van der Waals surface area contributed by atoms with Crippen molar-refractivity contribution in [3.8, 4) is 17.1 Å². The average molecular weight is 400 g/mol. The molecule has 0 unspecified atom stereocenters. The van der Waals surface area contributed by atoms with Gasteiger partial charge in [0.05, 0.1) is 13.2 Å². The van der Waals surface area contributed by atoms with Crippen molar-refractivity contribution in [2.24, 2.45) is 0 Å².